The van der Waals surface area contributed by atoms with Crippen LogP contribution in [0.5, 0.6) is 0 Å². The molecule has 1 aliphatic heterocycles. The second-order valence-electron chi connectivity index (χ2n) is 7.23. The van der Waals surface area contributed by atoms with E-state index in [9.17, 15) is 20.1 Å². The Balaban J connectivity index is 1.86. The monoisotopic (exact) mass is 426 g/mol. The van der Waals surface area contributed by atoms with Crippen LogP contribution in [0.3, 0.4) is 0 Å². The fraction of sp³-hybridized carbons (Fsp3) is 0.273. The van der Waals surface area contributed by atoms with Gasteiger partial charge in [0.25, 0.3) is 0 Å². The van der Waals surface area contributed by atoms with Crippen LogP contribution in [0.25, 0.3) is 0 Å². The van der Waals surface area contributed by atoms with Gasteiger partial charge in [0.2, 0.25) is 0 Å². The predicted octanol–water partition coefficient (Wildman–Crippen LogP) is 1.70. The molecule has 1 aliphatic rings. The van der Waals surface area contributed by atoms with Crippen molar-refractivity contribution in [2.75, 3.05) is 6.61 Å². The van der Waals surface area contributed by atoms with Gasteiger partial charge in [-0.1, -0.05) is 72.9 Å². The highest BCUT2D eigenvalue weighted by Crippen LogP contribution is 2.33. The molecule has 2 aromatic carbocycles. The molecule has 30 heavy (non-hydrogen) atoms. The molecule has 7 nitrogen and oxygen atoms in total. The first kappa shape index (κ1) is 20.6. The average Bonchev–Trinajstić information content (AvgIpc) is 3.05. The Hall–Kier alpha value is -2.62. The van der Waals surface area contributed by atoms with Gasteiger partial charge in [0.1, 0.15) is 23.0 Å². The van der Waals surface area contributed by atoms with E-state index >= 15 is 0 Å². The highest BCUT2D eigenvalue weighted by Gasteiger charge is 2.44. The number of ether oxygens (including phenoxy) is 1. The molecule has 4 N–H and O–H groups in total. The largest absolute Gasteiger partial charge is 0.394 e. The second-order valence-corrected chi connectivity index (χ2v) is 7.64. The van der Waals surface area contributed by atoms with Gasteiger partial charge in [-0.05, 0) is 11.1 Å². The summed E-state index contributed by atoms with van der Waals surface area (Å²) in [7, 11) is 0. The summed E-state index contributed by atoms with van der Waals surface area (Å²) in [4.78, 5) is 15.3. The first-order chi connectivity index (χ1) is 14.5. The molecule has 0 aliphatic carbocycles. The van der Waals surface area contributed by atoms with E-state index in [4.69, 9.17) is 17.0 Å². The lowest BCUT2D eigenvalue weighted by Gasteiger charge is -2.22. The number of benzene rings is 2. The van der Waals surface area contributed by atoms with Crippen LogP contribution in [0.15, 0.2) is 71.7 Å². The van der Waals surface area contributed by atoms with E-state index in [2.05, 4.69) is 4.98 Å². The molecule has 4 atom stereocenters. The third kappa shape index (κ3) is 3.76. The van der Waals surface area contributed by atoms with Gasteiger partial charge < -0.3 is 20.1 Å². The van der Waals surface area contributed by atoms with Crippen molar-refractivity contribution in [3.05, 3.63) is 98.7 Å². The summed E-state index contributed by atoms with van der Waals surface area (Å²) in [5, 5.41) is 29.8. The van der Waals surface area contributed by atoms with E-state index in [1.165, 1.54) is 4.57 Å². The van der Waals surface area contributed by atoms with Gasteiger partial charge in [-0.15, -0.1) is 0 Å². The van der Waals surface area contributed by atoms with Gasteiger partial charge >= 0.3 is 5.69 Å². The Kier molecular flexibility index (Phi) is 5.94. The normalized spacial score (nSPS) is 23.7. The molecular formula is C22H22N2O5S. The summed E-state index contributed by atoms with van der Waals surface area (Å²) in [5.74, 6) is -0.264. The number of hydrogen-bond donors (Lipinski definition) is 4. The number of aliphatic hydroxyl groups excluding tert-OH is 3. The molecule has 1 aromatic heterocycles. The van der Waals surface area contributed by atoms with Crippen LogP contribution in [0.4, 0.5) is 0 Å². The highest BCUT2D eigenvalue weighted by atomic mass is 32.1. The summed E-state index contributed by atoms with van der Waals surface area (Å²) in [6.07, 6.45) is -3.25. The SMILES string of the molecule is O=c1[nH]c(=S)c(C(c2ccccc2)c2ccccc2)cn1[C@@H]1O[C@H](CO)[C@@H](O)[C@H]1O. The third-order valence-electron chi connectivity index (χ3n) is 5.36. The summed E-state index contributed by atoms with van der Waals surface area (Å²) in [5.41, 5.74) is 2.04. The number of aromatic amines is 1. The standard InChI is InChI=1S/C22H22N2O5S/c25-12-16-18(26)19(27)21(29-16)24-11-15(20(30)23-22(24)28)17(13-7-3-1-4-8-13)14-9-5-2-6-10-14/h1-11,16-19,21,25-27H,12H2,(H,23,28,30)/t16-,18-,19-,21-/m1/s1. The fourth-order valence-electron chi connectivity index (χ4n) is 3.85. The lowest BCUT2D eigenvalue weighted by atomic mass is 9.86. The fourth-order valence-corrected chi connectivity index (χ4v) is 4.11. The molecule has 0 amide bonds. The van der Waals surface area contributed by atoms with Crippen molar-refractivity contribution in [3.63, 3.8) is 0 Å². The number of rotatable bonds is 5. The number of nitrogens with zero attached hydrogens (tertiary/aromatic N) is 1. The maximum Gasteiger partial charge on any atom is 0.328 e. The molecule has 4 rings (SSSR count). The topological polar surface area (TPSA) is 108 Å². The average molecular weight is 426 g/mol. The molecule has 0 saturated carbocycles. The van der Waals surface area contributed by atoms with Gasteiger partial charge in [0.05, 0.1) is 6.61 Å². The Morgan fingerprint density at radius 2 is 1.57 bits per heavy atom. The maximum atomic E-state index is 12.6. The minimum absolute atomic E-state index is 0.264. The zero-order chi connectivity index (χ0) is 21.3. The summed E-state index contributed by atoms with van der Waals surface area (Å²) >= 11 is 5.49. The van der Waals surface area contributed by atoms with Crippen LogP contribution in [0.1, 0.15) is 28.8 Å². The van der Waals surface area contributed by atoms with Crippen molar-refractivity contribution in [2.45, 2.75) is 30.5 Å². The molecule has 0 bridgehead atoms. The molecule has 2 heterocycles. The Morgan fingerprint density at radius 3 is 2.07 bits per heavy atom. The minimum atomic E-state index is -1.37. The summed E-state index contributed by atoms with van der Waals surface area (Å²) < 4.78 is 7.01. The Labute approximate surface area is 177 Å². The number of nitrogens with one attached hydrogen (secondary N) is 1. The highest BCUT2D eigenvalue weighted by molar-refractivity contribution is 7.71. The van der Waals surface area contributed by atoms with Crippen LogP contribution >= 0.6 is 12.2 Å². The van der Waals surface area contributed by atoms with Crippen LogP contribution in [0.2, 0.25) is 0 Å². The maximum absolute atomic E-state index is 12.6. The lowest BCUT2D eigenvalue weighted by molar-refractivity contribution is -0.0551. The second kappa shape index (κ2) is 8.63. The smallest absolute Gasteiger partial charge is 0.328 e. The quantitative estimate of drug-likeness (QED) is 0.463. The first-order valence-electron chi connectivity index (χ1n) is 9.59. The zero-order valence-electron chi connectivity index (χ0n) is 16.0. The van der Waals surface area contributed by atoms with Crippen LogP contribution in [-0.2, 0) is 4.74 Å². The number of aliphatic hydroxyl groups is 3. The van der Waals surface area contributed by atoms with E-state index in [1.54, 1.807) is 6.20 Å². The summed E-state index contributed by atoms with van der Waals surface area (Å²) in [6, 6.07) is 19.5. The molecule has 8 heteroatoms. The molecule has 3 aromatic rings. The molecule has 0 unspecified atom stereocenters. The van der Waals surface area contributed by atoms with Gasteiger partial charge in [-0.3, -0.25) is 9.55 Å². The van der Waals surface area contributed by atoms with Crippen LogP contribution in [-0.4, -0.2) is 49.8 Å². The molecule has 0 radical (unpaired) electrons. The lowest BCUT2D eigenvalue weighted by Crippen LogP contribution is -2.36. The molecule has 1 saturated heterocycles. The Bertz CT molecular complexity index is 1080. The molecule has 0 spiro atoms. The van der Waals surface area contributed by atoms with Crippen LogP contribution < -0.4 is 5.69 Å². The van der Waals surface area contributed by atoms with Crippen molar-refractivity contribution in [1.29, 1.82) is 0 Å². The van der Waals surface area contributed by atoms with Gasteiger partial charge in [0, 0.05) is 17.7 Å². The van der Waals surface area contributed by atoms with Crippen molar-refractivity contribution in [3.8, 4) is 0 Å². The molecular weight excluding hydrogens is 404 g/mol. The van der Waals surface area contributed by atoms with Gasteiger partial charge in [-0.2, -0.15) is 0 Å². The van der Waals surface area contributed by atoms with Crippen LogP contribution in [0, 0.1) is 4.64 Å². The predicted molar refractivity (Wildman–Crippen MR) is 113 cm³/mol. The van der Waals surface area contributed by atoms with Crippen molar-refractivity contribution >= 4 is 12.2 Å². The third-order valence-corrected chi connectivity index (χ3v) is 5.70. The minimum Gasteiger partial charge on any atom is -0.394 e. The van der Waals surface area contributed by atoms with E-state index < -0.39 is 36.8 Å². The first-order valence-corrected chi connectivity index (χ1v) is 9.99. The number of H-pyrrole nitrogens is 1. The number of aromatic nitrogens is 2. The van der Waals surface area contributed by atoms with Crippen molar-refractivity contribution in [1.82, 2.24) is 9.55 Å². The van der Waals surface area contributed by atoms with Gasteiger partial charge in [-0.25, -0.2) is 4.79 Å². The number of hydrogen-bond acceptors (Lipinski definition) is 6. The Morgan fingerprint density at radius 1 is 1.00 bits per heavy atom. The van der Waals surface area contributed by atoms with Crippen molar-refractivity contribution in [2.24, 2.45) is 0 Å². The van der Waals surface area contributed by atoms with E-state index in [0.717, 1.165) is 11.1 Å². The van der Waals surface area contributed by atoms with Gasteiger partial charge in [0.15, 0.2) is 6.23 Å². The molecule has 156 valence electrons. The van der Waals surface area contributed by atoms with Crippen molar-refractivity contribution < 1.29 is 20.1 Å². The van der Waals surface area contributed by atoms with E-state index in [-0.39, 0.29) is 10.6 Å². The van der Waals surface area contributed by atoms with E-state index in [1.807, 2.05) is 60.7 Å². The van der Waals surface area contributed by atoms with E-state index in [0.29, 0.717) is 5.56 Å². The zero-order valence-corrected chi connectivity index (χ0v) is 16.8. The summed E-state index contributed by atoms with van der Waals surface area (Å²) in [6.45, 7) is -0.476. The molecule has 1 fully saturated rings.